The van der Waals surface area contributed by atoms with Crippen molar-refractivity contribution in [1.29, 1.82) is 0 Å². The van der Waals surface area contributed by atoms with Gasteiger partial charge in [-0.3, -0.25) is 4.79 Å². The number of rotatable bonds is 5. The fourth-order valence-corrected chi connectivity index (χ4v) is 3.59. The lowest BCUT2D eigenvalue weighted by atomic mass is 10.2. The maximum Gasteiger partial charge on any atom is 0.246 e. The summed E-state index contributed by atoms with van der Waals surface area (Å²) in [5.74, 6) is 0.168. The zero-order chi connectivity index (χ0) is 21.3. The van der Waals surface area contributed by atoms with E-state index in [9.17, 15) is 9.18 Å². The number of carbonyl (C=O) groups excluding carboxylic acids is 1. The molecule has 1 saturated heterocycles. The van der Waals surface area contributed by atoms with Crippen LogP contribution in [0.2, 0.25) is 10.0 Å². The quantitative estimate of drug-likeness (QED) is 0.445. The molecule has 2 N–H and O–H groups in total. The third kappa shape index (κ3) is 4.01. The highest BCUT2D eigenvalue weighted by Crippen LogP contribution is 2.32. The SMILES string of the molecule is C=CC(=O)N1CCC(Nc2ccc3ncnc(Nc4ccc(Cl)c(Cl)c4F)c3n2)C1. The van der Waals surface area contributed by atoms with Crippen molar-refractivity contribution in [3.63, 3.8) is 0 Å². The van der Waals surface area contributed by atoms with E-state index in [1.165, 1.54) is 24.5 Å². The van der Waals surface area contributed by atoms with Crippen LogP contribution in [0.15, 0.2) is 43.2 Å². The number of pyridine rings is 1. The lowest BCUT2D eigenvalue weighted by Crippen LogP contribution is -2.30. The number of hydrogen-bond donors (Lipinski definition) is 2. The van der Waals surface area contributed by atoms with Gasteiger partial charge in [-0.05, 0) is 36.8 Å². The summed E-state index contributed by atoms with van der Waals surface area (Å²) in [6.07, 6.45) is 3.48. The first-order chi connectivity index (χ1) is 14.5. The van der Waals surface area contributed by atoms with E-state index in [1.54, 1.807) is 17.0 Å². The van der Waals surface area contributed by atoms with Gasteiger partial charge in [-0.25, -0.2) is 19.3 Å². The van der Waals surface area contributed by atoms with Gasteiger partial charge in [0, 0.05) is 19.1 Å². The van der Waals surface area contributed by atoms with Crippen LogP contribution in [-0.2, 0) is 4.79 Å². The summed E-state index contributed by atoms with van der Waals surface area (Å²) in [6, 6.07) is 6.63. The molecule has 0 radical (unpaired) electrons. The number of anilines is 3. The number of amides is 1. The van der Waals surface area contributed by atoms with Crippen molar-refractivity contribution in [3.05, 3.63) is 59.1 Å². The molecule has 4 rings (SSSR count). The van der Waals surface area contributed by atoms with E-state index in [0.717, 1.165) is 6.42 Å². The van der Waals surface area contributed by atoms with Crippen molar-refractivity contribution in [2.75, 3.05) is 23.7 Å². The number of carbonyl (C=O) groups is 1. The summed E-state index contributed by atoms with van der Waals surface area (Å²) >= 11 is 11.7. The molecule has 1 aliphatic heterocycles. The molecule has 0 aliphatic carbocycles. The number of benzene rings is 1. The Kier molecular flexibility index (Phi) is 5.69. The van der Waals surface area contributed by atoms with Crippen molar-refractivity contribution in [3.8, 4) is 0 Å². The van der Waals surface area contributed by atoms with Crippen LogP contribution in [0, 0.1) is 5.82 Å². The Balaban J connectivity index is 1.59. The Hall–Kier alpha value is -2.97. The zero-order valence-corrected chi connectivity index (χ0v) is 17.2. The van der Waals surface area contributed by atoms with Gasteiger partial charge in [0.15, 0.2) is 11.6 Å². The minimum atomic E-state index is -0.678. The largest absolute Gasteiger partial charge is 0.365 e. The molecular weight excluding hydrogens is 430 g/mol. The van der Waals surface area contributed by atoms with Crippen molar-refractivity contribution >= 4 is 57.5 Å². The summed E-state index contributed by atoms with van der Waals surface area (Å²) in [4.78, 5) is 26.5. The average molecular weight is 447 g/mol. The van der Waals surface area contributed by atoms with E-state index in [4.69, 9.17) is 23.2 Å². The van der Waals surface area contributed by atoms with Crippen LogP contribution in [0.25, 0.3) is 11.0 Å². The number of halogens is 3. The molecule has 0 saturated carbocycles. The van der Waals surface area contributed by atoms with Gasteiger partial charge < -0.3 is 15.5 Å². The highest BCUT2D eigenvalue weighted by molar-refractivity contribution is 6.42. The van der Waals surface area contributed by atoms with Gasteiger partial charge in [-0.15, -0.1) is 0 Å². The Morgan fingerprint density at radius 3 is 2.90 bits per heavy atom. The van der Waals surface area contributed by atoms with Gasteiger partial charge in [0.25, 0.3) is 0 Å². The third-order valence-electron chi connectivity index (χ3n) is 4.80. The molecule has 0 spiro atoms. The smallest absolute Gasteiger partial charge is 0.246 e. The molecule has 1 aromatic carbocycles. The predicted molar refractivity (Wildman–Crippen MR) is 116 cm³/mol. The molecule has 3 aromatic rings. The van der Waals surface area contributed by atoms with Crippen molar-refractivity contribution in [2.24, 2.45) is 0 Å². The maximum atomic E-state index is 14.4. The molecule has 2 aromatic heterocycles. The van der Waals surface area contributed by atoms with Gasteiger partial charge in [-0.2, -0.15) is 0 Å². The normalized spacial score (nSPS) is 16.0. The minimum Gasteiger partial charge on any atom is -0.365 e. The lowest BCUT2D eigenvalue weighted by Gasteiger charge is -2.16. The standard InChI is InChI=1S/C20H17Cl2FN6O/c1-2-16(30)29-8-7-11(9-29)26-15-6-5-14-19(28-15)20(25-10-24-14)27-13-4-3-12(21)17(22)18(13)23/h2-6,10-11H,1,7-9H2,(H,26,28)(H,24,25,27). The van der Waals surface area contributed by atoms with Crippen LogP contribution in [0.4, 0.5) is 21.7 Å². The molecule has 1 atom stereocenters. The number of nitrogens with one attached hydrogen (secondary N) is 2. The summed E-state index contributed by atoms with van der Waals surface area (Å²) in [6.45, 7) is 4.74. The molecule has 3 heterocycles. The minimum absolute atomic E-state index is 0.0624. The van der Waals surface area contributed by atoms with E-state index in [2.05, 4.69) is 32.2 Å². The molecule has 30 heavy (non-hydrogen) atoms. The van der Waals surface area contributed by atoms with Crippen LogP contribution >= 0.6 is 23.2 Å². The Morgan fingerprint density at radius 1 is 1.27 bits per heavy atom. The maximum absolute atomic E-state index is 14.4. The lowest BCUT2D eigenvalue weighted by molar-refractivity contribution is -0.125. The van der Waals surface area contributed by atoms with Crippen LogP contribution < -0.4 is 10.6 Å². The molecule has 10 heteroatoms. The number of aromatic nitrogens is 3. The first kappa shape index (κ1) is 20.3. The van der Waals surface area contributed by atoms with Gasteiger partial charge in [-0.1, -0.05) is 29.8 Å². The van der Waals surface area contributed by atoms with E-state index < -0.39 is 5.82 Å². The molecule has 1 amide bonds. The molecule has 1 aliphatic rings. The summed E-state index contributed by atoms with van der Waals surface area (Å²) in [5, 5.41) is 6.19. The highest BCUT2D eigenvalue weighted by atomic mass is 35.5. The van der Waals surface area contributed by atoms with Crippen LogP contribution in [-0.4, -0.2) is 44.9 Å². The third-order valence-corrected chi connectivity index (χ3v) is 5.58. The molecule has 1 unspecified atom stereocenters. The Bertz CT molecular complexity index is 1140. The predicted octanol–water partition coefficient (Wildman–Crippen LogP) is 4.41. The van der Waals surface area contributed by atoms with Crippen molar-refractivity contribution in [1.82, 2.24) is 19.9 Å². The fraction of sp³-hybridized carbons (Fsp3) is 0.200. The summed E-state index contributed by atoms with van der Waals surface area (Å²) in [5.41, 5.74) is 1.18. The average Bonchev–Trinajstić information content (AvgIpc) is 3.22. The molecule has 1 fully saturated rings. The van der Waals surface area contributed by atoms with Crippen molar-refractivity contribution < 1.29 is 9.18 Å². The van der Waals surface area contributed by atoms with E-state index in [-0.39, 0.29) is 27.7 Å². The van der Waals surface area contributed by atoms with E-state index in [0.29, 0.717) is 35.8 Å². The monoisotopic (exact) mass is 446 g/mol. The zero-order valence-electron chi connectivity index (χ0n) is 15.7. The van der Waals surface area contributed by atoms with E-state index in [1.807, 2.05) is 0 Å². The summed E-state index contributed by atoms with van der Waals surface area (Å²) in [7, 11) is 0. The second-order valence-electron chi connectivity index (χ2n) is 6.75. The Morgan fingerprint density at radius 2 is 2.10 bits per heavy atom. The Labute approximate surface area is 181 Å². The first-order valence-corrected chi connectivity index (χ1v) is 9.92. The second kappa shape index (κ2) is 8.41. The molecule has 7 nitrogen and oxygen atoms in total. The van der Waals surface area contributed by atoms with Gasteiger partial charge >= 0.3 is 0 Å². The van der Waals surface area contributed by atoms with E-state index >= 15 is 0 Å². The number of nitrogens with zero attached hydrogens (tertiary/aromatic N) is 4. The summed E-state index contributed by atoms with van der Waals surface area (Å²) < 4.78 is 14.4. The molecule has 154 valence electrons. The number of fused-ring (bicyclic) bond motifs is 1. The molecule has 0 bridgehead atoms. The van der Waals surface area contributed by atoms with Crippen LogP contribution in [0.3, 0.4) is 0 Å². The van der Waals surface area contributed by atoms with Crippen LogP contribution in [0.1, 0.15) is 6.42 Å². The fourth-order valence-electron chi connectivity index (χ4n) is 3.28. The van der Waals surface area contributed by atoms with Crippen LogP contribution in [0.5, 0.6) is 0 Å². The number of likely N-dealkylation sites (tertiary alicyclic amines) is 1. The van der Waals surface area contributed by atoms with Gasteiger partial charge in [0.1, 0.15) is 17.7 Å². The highest BCUT2D eigenvalue weighted by Gasteiger charge is 2.25. The topological polar surface area (TPSA) is 83.0 Å². The van der Waals surface area contributed by atoms with Gasteiger partial charge in [0.2, 0.25) is 5.91 Å². The second-order valence-corrected chi connectivity index (χ2v) is 7.54. The van der Waals surface area contributed by atoms with Gasteiger partial charge in [0.05, 0.1) is 21.2 Å². The first-order valence-electron chi connectivity index (χ1n) is 9.16. The molecular formula is C20H17Cl2FN6O. The number of hydrogen-bond acceptors (Lipinski definition) is 6. The van der Waals surface area contributed by atoms with Crippen molar-refractivity contribution in [2.45, 2.75) is 12.5 Å².